The second-order valence-electron chi connectivity index (χ2n) is 10.6. The van der Waals surface area contributed by atoms with Crippen molar-refractivity contribution in [1.82, 2.24) is 0 Å². The van der Waals surface area contributed by atoms with E-state index in [1.807, 2.05) is 0 Å². The first-order valence-corrected chi connectivity index (χ1v) is 13.3. The van der Waals surface area contributed by atoms with Gasteiger partial charge in [-0.15, -0.1) is 0 Å². The minimum Gasteiger partial charge on any atom is -0.483 e. The lowest BCUT2D eigenvalue weighted by molar-refractivity contribution is -0.249. The van der Waals surface area contributed by atoms with Gasteiger partial charge in [0, 0.05) is 32.1 Å². The molecular formula is C29H44O7. The number of hydrogen-bond donors (Lipinski definition) is 1. The Morgan fingerprint density at radius 3 is 2.28 bits per heavy atom. The number of rotatable bonds is 15. The zero-order chi connectivity index (χ0) is 26.9. The summed E-state index contributed by atoms with van der Waals surface area (Å²) in [6.45, 7) is 12.3. The molecule has 7 nitrogen and oxygen atoms in total. The number of unbranched alkanes of at least 4 members (excludes halogenated alkanes) is 5. The highest BCUT2D eigenvalue weighted by Gasteiger charge is 2.54. The normalized spacial score (nSPS) is 23.1. The minimum atomic E-state index is -2.38. The summed E-state index contributed by atoms with van der Waals surface area (Å²) >= 11 is 0. The third-order valence-corrected chi connectivity index (χ3v) is 7.13. The van der Waals surface area contributed by atoms with Crippen LogP contribution >= 0.6 is 0 Å². The number of allylic oxidation sites excluding steroid dienone is 4. The van der Waals surface area contributed by atoms with Crippen molar-refractivity contribution in [3.05, 3.63) is 35.6 Å². The van der Waals surface area contributed by atoms with Gasteiger partial charge in [0.25, 0.3) is 0 Å². The Balaban J connectivity index is 1.89. The van der Waals surface area contributed by atoms with Gasteiger partial charge in [0.1, 0.15) is 5.76 Å². The monoisotopic (exact) mass is 504 g/mol. The maximum atomic E-state index is 12.0. The molecule has 0 spiro atoms. The molecule has 2 fully saturated rings. The number of esters is 2. The molecule has 202 valence electrons. The standard InChI is InChI=1S/C29H44O7/c1-19(2)13-11-9-7-8-10-12-14-24-16-15-20(3)25(24)18-27-26(34-27)17-21(4)29(28(32)33,35-22(5)30)36-23(6)31/h13,18,21,24-26H,3,7-12,14-17H2,1-2,4-6H3,(H,32,33)/t21?,24-,25-,26?/m0/s1. The number of carboxylic acid groups (broad SMARTS) is 1. The molecule has 0 bridgehead atoms. The fourth-order valence-electron chi connectivity index (χ4n) is 5.14. The predicted molar refractivity (Wildman–Crippen MR) is 138 cm³/mol. The minimum absolute atomic E-state index is 0.245. The van der Waals surface area contributed by atoms with Crippen LogP contribution in [-0.2, 0) is 28.6 Å². The zero-order valence-corrected chi connectivity index (χ0v) is 22.6. The predicted octanol–water partition coefficient (Wildman–Crippen LogP) is 6.48. The third-order valence-electron chi connectivity index (χ3n) is 7.13. The summed E-state index contributed by atoms with van der Waals surface area (Å²) in [7, 11) is 0. The summed E-state index contributed by atoms with van der Waals surface area (Å²) < 4.78 is 15.8. The average molecular weight is 505 g/mol. The number of hydrogen-bond acceptors (Lipinski definition) is 6. The fraction of sp³-hybridized carbons (Fsp3) is 0.690. The molecule has 2 rings (SSSR count). The topological polar surface area (TPSA) is 102 Å². The van der Waals surface area contributed by atoms with E-state index in [0.717, 1.165) is 32.4 Å². The largest absolute Gasteiger partial charge is 0.483 e. The Morgan fingerprint density at radius 2 is 1.69 bits per heavy atom. The molecule has 1 aliphatic heterocycles. The molecule has 1 saturated carbocycles. The molecule has 1 saturated heterocycles. The van der Waals surface area contributed by atoms with E-state index in [-0.39, 0.29) is 18.4 Å². The number of aliphatic carboxylic acids is 1. The van der Waals surface area contributed by atoms with Crippen LogP contribution in [0.3, 0.4) is 0 Å². The van der Waals surface area contributed by atoms with Gasteiger partial charge in [-0.05, 0) is 57.9 Å². The summed E-state index contributed by atoms with van der Waals surface area (Å²) in [5.74, 6) is -4.75. The van der Waals surface area contributed by atoms with Crippen LogP contribution in [0.15, 0.2) is 35.6 Å². The highest BCUT2D eigenvalue weighted by atomic mass is 16.7. The van der Waals surface area contributed by atoms with Crippen molar-refractivity contribution >= 4 is 17.9 Å². The molecule has 36 heavy (non-hydrogen) atoms. The molecule has 1 heterocycles. The van der Waals surface area contributed by atoms with E-state index < -0.39 is 29.6 Å². The quantitative estimate of drug-likeness (QED) is 0.0895. The van der Waals surface area contributed by atoms with Crippen LogP contribution in [0.1, 0.15) is 98.8 Å². The van der Waals surface area contributed by atoms with Crippen LogP contribution in [0.4, 0.5) is 0 Å². The van der Waals surface area contributed by atoms with Gasteiger partial charge in [0.2, 0.25) is 0 Å². The molecular weight excluding hydrogens is 460 g/mol. The highest BCUT2D eigenvalue weighted by molar-refractivity contribution is 5.83. The van der Waals surface area contributed by atoms with Crippen molar-refractivity contribution in [2.24, 2.45) is 17.8 Å². The first kappa shape index (κ1) is 29.7. The maximum absolute atomic E-state index is 12.0. The van der Waals surface area contributed by atoms with Crippen molar-refractivity contribution in [1.29, 1.82) is 0 Å². The lowest BCUT2D eigenvalue weighted by atomic mass is 9.88. The molecule has 0 aromatic heterocycles. The second-order valence-corrected chi connectivity index (χ2v) is 10.6. The van der Waals surface area contributed by atoms with Crippen LogP contribution in [0.5, 0.6) is 0 Å². The van der Waals surface area contributed by atoms with Crippen molar-refractivity contribution in [3.8, 4) is 0 Å². The van der Waals surface area contributed by atoms with Gasteiger partial charge >= 0.3 is 23.7 Å². The first-order chi connectivity index (χ1) is 17.0. The van der Waals surface area contributed by atoms with E-state index in [0.29, 0.717) is 5.92 Å². The highest BCUT2D eigenvalue weighted by Crippen LogP contribution is 2.44. The molecule has 2 unspecified atom stereocenters. The molecule has 7 heteroatoms. The number of ether oxygens (including phenoxy) is 3. The van der Waals surface area contributed by atoms with Gasteiger partial charge in [0.05, 0.1) is 0 Å². The Kier molecular flexibility index (Phi) is 11.3. The van der Waals surface area contributed by atoms with Crippen molar-refractivity contribution in [2.45, 2.75) is 111 Å². The van der Waals surface area contributed by atoms with Crippen molar-refractivity contribution in [3.63, 3.8) is 0 Å². The van der Waals surface area contributed by atoms with Crippen molar-refractivity contribution in [2.75, 3.05) is 0 Å². The van der Waals surface area contributed by atoms with Gasteiger partial charge in [-0.2, -0.15) is 0 Å². The van der Waals surface area contributed by atoms with Crippen LogP contribution < -0.4 is 0 Å². The van der Waals surface area contributed by atoms with Gasteiger partial charge in [-0.3, -0.25) is 9.59 Å². The van der Waals surface area contributed by atoms with Gasteiger partial charge in [0.15, 0.2) is 6.10 Å². The average Bonchev–Trinajstić information content (AvgIpc) is 3.41. The zero-order valence-electron chi connectivity index (χ0n) is 22.6. The molecule has 0 aromatic carbocycles. The van der Waals surface area contributed by atoms with E-state index in [1.54, 1.807) is 6.92 Å². The van der Waals surface area contributed by atoms with E-state index in [9.17, 15) is 19.5 Å². The lowest BCUT2D eigenvalue weighted by Gasteiger charge is -2.32. The number of carboxylic acids is 1. The van der Waals surface area contributed by atoms with Gasteiger partial charge < -0.3 is 19.3 Å². The molecule has 4 atom stereocenters. The smallest absolute Gasteiger partial charge is 0.390 e. The Hall–Kier alpha value is -2.57. The summed E-state index contributed by atoms with van der Waals surface area (Å²) in [4.78, 5) is 35.2. The first-order valence-electron chi connectivity index (χ1n) is 13.3. The van der Waals surface area contributed by atoms with E-state index in [1.165, 1.54) is 56.1 Å². The summed E-state index contributed by atoms with van der Waals surface area (Å²) in [5.41, 5.74) is 2.61. The van der Waals surface area contributed by atoms with Crippen LogP contribution in [0.2, 0.25) is 0 Å². The van der Waals surface area contributed by atoms with Crippen LogP contribution in [0, 0.1) is 17.8 Å². The summed E-state index contributed by atoms with van der Waals surface area (Å²) in [5, 5.41) is 9.75. The summed E-state index contributed by atoms with van der Waals surface area (Å²) in [6.07, 6.45) is 15.2. The lowest BCUT2D eigenvalue weighted by Crippen LogP contribution is -2.52. The summed E-state index contributed by atoms with van der Waals surface area (Å²) in [6, 6.07) is 0. The fourth-order valence-corrected chi connectivity index (χ4v) is 5.14. The van der Waals surface area contributed by atoms with E-state index in [2.05, 4.69) is 32.6 Å². The molecule has 2 aliphatic rings. The molecule has 0 amide bonds. The SMILES string of the molecule is C=C1CC[C@H](CCCCCCCC=C(C)C)[C@H]1C=C1OC1CC(C)C(OC(C)=O)(OC(C)=O)C(=O)O. The van der Waals surface area contributed by atoms with Gasteiger partial charge in [-0.25, -0.2) is 4.79 Å². The molecule has 0 radical (unpaired) electrons. The van der Waals surface area contributed by atoms with E-state index >= 15 is 0 Å². The number of carbonyl (C=O) groups is 3. The number of epoxide rings is 1. The molecule has 0 aromatic rings. The number of carbonyl (C=O) groups excluding carboxylic acids is 2. The van der Waals surface area contributed by atoms with Crippen molar-refractivity contribution < 1.29 is 33.7 Å². The van der Waals surface area contributed by atoms with Gasteiger partial charge in [-0.1, -0.05) is 56.4 Å². The maximum Gasteiger partial charge on any atom is 0.390 e. The van der Waals surface area contributed by atoms with Crippen LogP contribution in [0.25, 0.3) is 0 Å². The molecule has 1 aliphatic carbocycles. The van der Waals surface area contributed by atoms with Crippen LogP contribution in [-0.4, -0.2) is 34.9 Å². The Morgan fingerprint density at radius 1 is 1.08 bits per heavy atom. The molecule has 1 N–H and O–H groups in total. The third kappa shape index (κ3) is 8.82. The Bertz CT molecular complexity index is 849. The Labute approximate surface area is 215 Å². The van der Waals surface area contributed by atoms with E-state index in [4.69, 9.17) is 14.2 Å². The second kappa shape index (κ2) is 13.7.